The third kappa shape index (κ3) is 2.77. The van der Waals surface area contributed by atoms with Gasteiger partial charge in [-0.25, -0.2) is 4.98 Å². The molecule has 0 amide bonds. The van der Waals surface area contributed by atoms with Gasteiger partial charge in [-0.15, -0.1) is 0 Å². The molecular formula is C17H25N3O. The van der Waals surface area contributed by atoms with E-state index in [1.54, 1.807) is 0 Å². The zero-order chi connectivity index (χ0) is 15.0. The van der Waals surface area contributed by atoms with Crippen LogP contribution in [0.4, 0.5) is 0 Å². The largest absolute Gasteiger partial charge is 0.466 e. The van der Waals surface area contributed by atoms with Crippen LogP contribution in [0.1, 0.15) is 68.0 Å². The Bertz CT molecular complexity index is 613. The minimum atomic E-state index is 0.249. The van der Waals surface area contributed by atoms with Crippen LogP contribution < -0.4 is 5.32 Å². The number of nitrogens with zero attached hydrogens (tertiary/aromatic N) is 2. The van der Waals surface area contributed by atoms with Gasteiger partial charge in [0, 0.05) is 23.8 Å². The van der Waals surface area contributed by atoms with Crippen molar-refractivity contribution in [2.75, 3.05) is 0 Å². The molecule has 0 bridgehead atoms. The first-order valence-electron chi connectivity index (χ1n) is 7.91. The number of aryl methyl sites for hydroxylation is 2. The third-order valence-corrected chi connectivity index (χ3v) is 4.62. The molecule has 0 saturated carbocycles. The van der Waals surface area contributed by atoms with Crippen LogP contribution >= 0.6 is 0 Å². The second-order valence-electron chi connectivity index (χ2n) is 6.32. The molecule has 3 heterocycles. The summed E-state index contributed by atoms with van der Waals surface area (Å²) in [6.45, 7) is 8.52. The Kier molecular flexibility index (Phi) is 3.89. The molecule has 2 aromatic rings. The van der Waals surface area contributed by atoms with Gasteiger partial charge in [-0.2, -0.15) is 0 Å². The lowest BCUT2D eigenvalue weighted by molar-refractivity contribution is 0.327. The predicted molar refractivity (Wildman–Crippen MR) is 83.4 cm³/mol. The van der Waals surface area contributed by atoms with Crippen LogP contribution in [0.25, 0.3) is 0 Å². The summed E-state index contributed by atoms with van der Waals surface area (Å²) in [6, 6.07) is 3.38. The van der Waals surface area contributed by atoms with Crippen molar-refractivity contribution in [3.63, 3.8) is 0 Å². The fourth-order valence-corrected chi connectivity index (χ4v) is 3.50. The molecule has 3 unspecified atom stereocenters. The van der Waals surface area contributed by atoms with Gasteiger partial charge in [0.15, 0.2) is 0 Å². The van der Waals surface area contributed by atoms with Gasteiger partial charge in [0.2, 0.25) is 0 Å². The number of piperidine rings is 1. The molecule has 4 heteroatoms. The highest BCUT2D eigenvalue weighted by Gasteiger charge is 2.25. The van der Waals surface area contributed by atoms with Gasteiger partial charge < -0.3 is 14.3 Å². The summed E-state index contributed by atoms with van der Waals surface area (Å²) in [6.07, 6.45) is 7.69. The Morgan fingerprint density at radius 2 is 2.19 bits per heavy atom. The van der Waals surface area contributed by atoms with Crippen LogP contribution in [0.3, 0.4) is 0 Å². The maximum atomic E-state index is 5.69. The van der Waals surface area contributed by atoms with Crippen molar-refractivity contribution < 1.29 is 4.42 Å². The second-order valence-corrected chi connectivity index (χ2v) is 6.32. The summed E-state index contributed by atoms with van der Waals surface area (Å²) in [5, 5.41) is 3.70. The molecule has 0 radical (unpaired) electrons. The first-order valence-corrected chi connectivity index (χ1v) is 7.91. The third-order valence-electron chi connectivity index (χ3n) is 4.62. The first kappa shape index (κ1) is 14.4. The van der Waals surface area contributed by atoms with Crippen LogP contribution in [0.2, 0.25) is 0 Å². The zero-order valence-electron chi connectivity index (χ0n) is 13.4. The molecule has 4 nitrogen and oxygen atoms in total. The summed E-state index contributed by atoms with van der Waals surface area (Å²) in [5.74, 6) is 1.98. The van der Waals surface area contributed by atoms with E-state index in [9.17, 15) is 0 Å². The van der Waals surface area contributed by atoms with Crippen LogP contribution in [-0.4, -0.2) is 15.6 Å². The summed E-state index contributed by atoms with van der Waals surface area (Å²) < 4.78 is 7.97. The molecule has 3 atom stereocenters. The van der Waals surface area contributed by atoms with Crippen LogP contribution in [0, 0.1) is 13.8 Å². The van der Waals surface area contributed by atoms with Crippen LogP contribution in [0.15, 0.2) is 23.0 Å². The van der Waals surface area contributed by atoms with E-state index < -0.39 is 0 Å². The van der Waals surface area contributed by atoms with Gasteiger partial charge in [0.1, 0.15) is 11.5 Å². The van der Waals surface area contributed by atoms with E-state index in [0.29, 0.717) is 12.1 Å². The Morgan fingerprint density at radius 3 is 2.86 bits per heavy atom. The molecule has 1 aliphatic rings. The topological polar surface area (TPSA) is 43.0 Å². The Hall–Kier alpha value is -1.55. The van der Waals surface area contributed by atoms with E-state index in [1.165, 1.54) is 30.5 Å². The Labute approximate surface area is 126 Å². The fraction of sp³-hybridized carbons (Fsp3) is 0.588. The van der Waals surface area contributed by atoms with E-state index in [0.717, 1.165) is 11.5 Å². The molecule has 2 aromatic heterocycles. The van der Waals surface area contributed by atoms with Crippen molar-refractivity contribution in [2.45, 2.75) is 65.1 Å². The lowest BCUT2D eigenvalue weighted by Gasteiger charge is -2.30. The summed E-state index contributed by atoms with van der Waals surface area (Å²) in [4.78, 5) is 4.40. The predicted octanol–water partition coefficient (Wildman–Crippen LogP) is 3.91. The number of hydrogen-bond acceptors (Lipinski definition) is 3. The average molecular weight is 287 g/mol. The summed E-state index contributed by atoms with van der Waals surface area (Å²) >= 11 is 0. The molecule has 1 aliphatic heterocycles. The van der Waals surface area contributed by atoms with Crippen molar-refractivity contribution >= 4 is 0 Å². The van der Waals surface area contributed by atoms with Crippen molar-refractivity contribution in [1.82, 2.24) is 14.9 Å². The van der Waals surface area contributed by atoms with Gasteiger partial charge in [0.05, 0.1) is 18.1 Å². The van der Waals surface area contributed by atoms with E-state index in [-0.39, 0.29) is 6.04 Å². The van der Waals surface area contributed by atoms with Crippen molar-refractivity contribution in [1.29, 1.82) is 0 Å². The Morgan fingerprint density at radius 1 is 1.38 bits per heavy atom. The molecular weight excluding hydrogens is 262 g/mol. The molecule has 0 spiro atoms. The molecule has 114 valence electrons. The summed E-state index contributed by atoms with van der Waals surface area (Å²) in [7, 11) is 0. The van der Waals surface area contributed by atoms with Crippen molar-refractivity contribution in [3.05, 3.63) is 41.4 Å². The first-order chi connectivity index (χ1) is 10.1. The van der Waals surface area contributed by atoms with E-state index in [4.69, 9.17) is 4.42 Å². The number of rotatable bonds is 3. The van der Waals surface area contributed by atoms with E-state index in [2.05, 4.69) is 34.8 Å². The van der Waals surface area contributed by atoms with Crippen LogP contribution in [-0.2, 0) is 0 Å². The number of nitrogens with one attached hydrogen (secondary N) is 1. The molecule has 3 rings (SSSR count). The Balaban J connectivity index is 1.89. The lowest BCUT2D eigenvalue weighted by atomic mass is 9.97. The monoisotopic (exact) mass is 287 g/mol. The number of imidazole rings is 1. The summed E-state index contributed by atoms with van der Waals surface area (Å²) in [5.41, 5.74) is 2.53. The SMILES string of the molecule is Cc1cc(C(C)n2cncc2C2CCCC(C)N2)c(C)o1. The van der Waals surface area contributed by atoms with Crippen LogP contribution in [0.5, 0.6) is 0 Å². The average Bonchev–Trinajstić information content (AvgIpc) is 3.04. The normalized spacial score (nSPS) is 24.2. The minimum absolute atomic E-state index is 0.249. The quantitative estimate of drug-likeness (QED) is 0.931. The highest BCUT2D eigenvalue weighted by atomic mass is 16.3. The maximum Gasteiger partial charge on any atom is 0.106 e. The van der Waals surface area contributed by atoms with E-state index in [1.807, 2.05) is 26.4 Å². The lowest BCUT2D eigenvalue weighted by Crippen LogP contribution is -2.35. The molecule has 0 aliphatic carbocycles. The highest BCUT2D eigenvalue weighted by molar-refractivity contribution is 5.26. The van der Waals surface area contributed by atoms with Gasteiger partial charge in [-0.05, 0) is 53.0 Å². The number of aromatic nitrogens is 2. The van der Waals surface area contributed by atoms with Gasteiger partial charge in [0.25, 0.3) is 0 Å². The smallest absolute Gasteiger partial charge is 0.106 e. The number of furan rings is 1. The molecule has 1 saturated heterocycles. The minimum Gasteiger partial charge on any atom is -0.466 e. The van der Waals surface area contributed by atoms with Crippen molar-refractivity contribution in [3.8, 4) is 0 Å². The number of hydrogen-bond donors (Lipinski definition) is 1. The highest BCUT2D eigenvalue weighted by Crippen LogP contribution is 2.31. The molecule has 1 fully saturated rings. The standard InChI is InChI=1S/C17H25N3O/c1-11-6-5-7-16(19-11)17-9-18-10-20(17)13(3)15-8-12(2)21-14(15)4/h8-11,13,16,19H,5-7H2,1-4H3. The molecule has 1 N–H and O–H groups in total. The van der Waals surface area contributed by atoms with Gasteiger partial charge in [-0.1, -0.05) is 0 Å². The molecule has 0 aromatic carbocycles. The maximum absolute atomic E-state index is 5.69. The van der Waals surface area contributed by atoms with E-state index >= 15 is 0 Å². The second kappa shape index (κ2) is 5.68. The zero-order valence-corrected chi connectivity index (χ0v) is 13.4. The van der Waals surface area contributed by atoms with Crippen molar-refractivity contribution in [2.24, 2.45) is 0 Å². The fourth-order valence-electron chi connectivity index (χ4n) is 3.50. The van der Waals surface area contributed by atoms with Gasteiger partial charge in [-0.3, -0.25) is 0 Å². The van der Waals surface area contributed by atoms with Gasteiger partial charge >= 0.3 is 0 Å². The molecule has 21 heavy (non-hydrogen) atoms.